The zero-order chi connectivity index (χ0) is 17.6. The molecule has 0 radical (unpaired) electrons. The van der Waals surface area contributed by atoms with Crippen LogP contribution in [0.25, 0.3) is 6.08 Å². The van der Waals surface area contributed by atoms with Crippen LogP contribution in [0, 0.1) is 20.8 Å². The highest BCUT2D eigenvalue weighted by atomic mass is 127. The predicted molar refractivity (Wildman–Crippen MR) is 104 cm³/mol. The second-order valence-electron chi connectivity index (χ2n) is 6.64. The third-order valence-corrected chi connectivity index (χ3v) is 4.92. The van der Waals surface area contributed by atoms with Crippen LogP contribution >= 0.6 is 22.6 Å². The molecule has 0 aliphatic carbocycles. The molecule has 0 N–H and O–H groups in total. The molecule has 1 heterocycles. The summed E-state index contributed by atoms with van der Waals surface area (Å²) in [4.78, 5) is 11.1. The lowest BCUT2D eigenvalue weighted by molar-refractivity contribution is -0.284. The van der Waals surface area contributed by atoms with Gasteiger partial charge in [0.2, 0.25) is 5.78 Å². The summed E-state index contributed by atoms with van der Waals surface area (Å²) in [5, 5.41) is 0. The first-order chi connectivity index (χ1) is 11.3. The molecule has 0 atom stereocenters. The number of carbonyl (C=O) groups is 1. The molecule has 1 fully saturated rings. The molecule has 0 unspecified atom stereocenters. The molecule has 24 heavy (non-hydrogen) atoms. The van der Waals surface area contributed by atoms with E-state index in [0.717, 1.165) is 6.42 Å². The summed E-state index contributed by atoms with van der Waals surface area (Å²) in [7, 11) is 0. The molecule has 1 aromatic carbocycles. The van der Waals surface area contributed by atoms with E-state index in [9.17, 15) is 4.79 Å². The van der Waals surface area contributed by atoms with Crippen molar-refractivity contribution >= 4 is 34.5 Å². The van der Waals surface area contributed by atoms with E-state index in [1.165, 1.54) is 16.1 Å². The Balaban J connectivity index is 2.10. The number of Topliss-reactive ketones (excluding diaryl/α,β-unsaturated/α-hetero) is 1. The topological polar surface area (TPSA) is 35.5 Å². The molecular formula is C20H23IO3. The normalized spacial score (nSPS) is 18.8. The number of allylic oxidation sites excluding steroid dienone is 1. The average molecular weight is 438 g/mol. The SMILES string of the molecule is CC(=O)C#CCC1(CC=Cc2ccccc2I)COC(C)(C)OC1. The minimum atomic E-state index is -0.559. The van der Waals surface area contributed by atoms with Gasteiger partial charge in [0.15, 0.2) is 5.79 Å². The van der Waals surface area contributed by atoms with Gasteiger partial charge in [0.1, 0.15) is 0 Å². The molecule has 1 aromatic rings. The monoisotopic (exact) mass is 438 g/mol. The van der Waals surface area contributed by atoms with Gasteiger partial charge in [0, 0.05) is 22.3 Å². The van der Waals surface area contributed by atoms with Crippen LogP contribution < -0.4 is 0 Å². The maximum absolute atomic E-state index is 11.1. The number of carbonyl (C=O) groups excluding carboxylic acids is 1. The van der Waals surface area contributed by atoms with Crippen molar-refractivity contribution in [1.29, 1.82) is 0 Å². The first-order valence-electron chi connectivity index (χ1n) is 8.00. The number of ether oxygens (including phenoxy) is 2. The molecule has 1 aliphatic heterocycles. The van der Waals surface area contributed by atoms with Gasteiger partial charge in [-0.2, -0.15) is 0 Å². The molecule has 4 heteroatoms. The minimum Gasteiger partial charge on any atom is -0.350 e. The molecule has 1 saturated heterocycles. The highest BCUT2D eigenvalue weighted by molar-refractivity contribution is 14.1. The van der Waals surface area contributed by atoms with Crippen molar-refractivity contribution in [2.45, 2.75) is 39.4 Å². The van der Waals surface area contributed by atoms with Crippen LogP contribution in [0.15, 0.2) is 30.3 Å². The van der Waals surface area contributed by atoms with E-state index in [1.54, 1.807) is 0 Å². The van der Waals surface area contributed by atoms with Gasteiger partial charge >= 0.3 is 0 Å². The van der Waals surface area contributed by atoms with Crippen molar-refractivity contribution in [3.8, 4) is 11.8 Å². The molecular weight excluding hydrogens is 415 g/mol. The maximum atomic E-state index is 11.1. The highest BCUT2D eigenvalue weighted by Gasteiger charge is 2.38. The van der Waals surface area contributed by atoms with Crippen molar-refractivity contribution in [2.24, 2.45) is 5.41 Å². The second-order valence-corrected chi connectivity index (χ2v) is 7.80. The van der Waals surface area contributed by atoms with E-state index >= 15 is 0 Å². The fraction of sp³-hybridized carbons (Fsp3) is 0.450. The first kappa shape index (κ1) is 19.2. The van der Waals surface area contributed by atoms with Crippen LogP contribution in [0.4, 0.5) is 0 Å². The Kier molecular flexibility index (Phi) is 6.62. The summed E-state index contributed by atoms with van der Waals surface area (Å²) in [5.41, 5.74) is 0.982. The molecule has 0 amide bonds. The predicted octanol–water partition coefficient (Wildman–Crippen LogP) is 4.45. The molecule has 128 valence electrons. The van der Waals surface area contributed by atoms with E-state index in [-0.39, 0.29) is 11.2 Å². The summed E-state index contributed by atoms with van der Waals surface area (Å²) < 4.78 is 12.9. The number of hydrogen-bond donors (Lipinski definition) is 0. The third kappa shape index (κ3) is 5.73. The van der Waals surface area contributed by atoms with Crippen molar-refractivity contribution < 1.29 is 14.3 Å². The standard InChI is InChI=1S/C20H23IO3/c1-16(22)8-6-12-20(14-23-19(2,3)24-15-20)13-7-10-17-9-4-5-11-18(17)21/h4-5,7,9-11H,12-15H2,1-3H3. The number of halogens is 1. The number of hydrogen-bond acceptors (Lipinski definition) is 3. The second kappa shape index (κ2) is 8.28. The van der Waals surface area contributed by atoms with Gasteiger partial charge in [-0.05, 0) is 60.4 Å². The van der Waals surface area contributed by atoms with Crippen molar-refractivity contribution in [2.75, 3.05) is 13.2 Å². The van der Waals surface area contributed by atoms with Crippen LogP contribution in [0.5, 0.6) is 0 Å². The van der Waals surface area contributed by atoms with E-state index in [1.807, 2.05) is 26.0 Å². The number of ketones is 1. The van der Waals surface area contributed by atoms with Gasteiger partial charge in [-0.15, -0.1) is 0 Å². The summed E-state index contributed by atoms with van der Waals surface area (Å²) in [5.74, 6) is 4.95. The fourth-order valence-corrected chi connectivity index (χ4v) is 3.00. The Labute approximate surface area is 157 Å². The highest BCUT2D eigenvalue weighted by Crippen LogP contribution is 2.36. The van der Waals surface area contributed by atoms with Crippen molar-refractivity contribution in [3.05, 3.63) is 39.5 Å². The summed E-state index contributed by atoms with van der Waals surface area (Å²) >= 11 is 2.33. The molecule has 3 nitrogen and oxygen atoms in total. The third-order valence-electron chi connectivity index (χ3n) is 3.93. The lowest BCUT2D eigenvalue weighted by Gasteiger charge is -2.42. The molecule has 0 aromatic heterocycles. The smallest absolute Gasteiger partial charge is 0.202 e. The van der Waals surface area contributed by atoms with Crippen LogP contribution in [0.2, 0.25) is 0 Å². The summed E-state index contributed by atoms with van der Waals surface area (Å²) in [6, 6.07) is 8.25. The summed E-state index contributed by atoms with van der Waals surface area (Å²) in [6.07, 6.45) is 5.65. The van der Waals surface area contributed by atoms with Crippen LogP contribution in [-0.2, 0) is 14.3 Å². The lowest BCUT2D eigenvalue weighted by atomic mass is 9.81. The average Bonchev–Trinajstić information content (AvgIpc) is 2.52. The number of rotatable bonds is 4. The van der Waals surface area contributed by atoms with Gasteiger partial charge in [-0.1, -0.05) is 36.3 Å². The quantitative estimate of drug-likeness (QED) is 0.396. The van der Waals surface area contributed by atoms with E-state index in [4.69, 9.17) is 9.47 Å². The van der Waals surface area contributed by atoms with Gasteiger partial charge in [-0.3, -0.25) is 4.79 Å². The Bertz CT molecular complexity index is 670. The Hall–Kier alpha value is -1.16. The van der Waals surface area contributed by atoms with E-state index < -0.39 is 5.79 Å². The fourth-order valence-electron chi connectivity index (χ4n) is 2.43. The van der Waals surface area contributed by atoms with Crippen molar-refractivity contribution in [1.82, 2.24) is 0 Å². The zero-order valence-electron chi connectivity index (χ0n) is 14.4. The molecule has 0 spiro atoms. The van der Waals surface area contributed by atoms with Crippen LogP contribution in [0.3, 0.4) is 0 Å². The van der Waals surface area contributed by atoms with Crippen LogP contribution in [0.1, 0.15) is 39.2 Å². The van der Waals surface area contributed by atoms with Gasteiger partial charge in [0.25, 0.3) is 0 Å². The largest absolute Gasteiger partial charge is 0.350 e. The number of benzene rings is 1. The zero-order valence-corrected chi connectivity index (χ0v) is 16.6. The van der Waals surface area contributed by atoms with Crippen LogP contribution in [-0.4, -0.2) is 24.8 Å². The molecule has 1 aliphatic rings. The molecule has 0 saturated carbocycles. The molecule has 0 bridgehead atoms. The van der Waals surface area contributed by atoms with Gasteiger partial charge < -0.3 is 9.47 Å². The Morgan fingerprint density at radius 1 is 1.29 bits per heavy atom. The molecule has 2 rings (SSSR count). The van der Waals surface area contributed by atoms with E-state index in [2.05, 4.69) is 58.7 Å². The summed E-state index contributed by atoms with van der Waals surface area (Å²) in [6.45, 7) is 6.46. The van der Waals surface area contributed by atoms with E-state index in [0.29, 0.717) is 19.6 Å². The Morgan fingerprint density at radius 2 is 1.96 bits per heavy atom. The minimum absolute atomic E-state index is 0.113. The van der Waals surface area contributed by atoms with Gasteiger partial charge in [0.05, 0.1) is 13.2 Å². The maximum Gasteiger partial charge on any atom is 0.202 e. The first-order valence-corrected chi connectivity index (χ1v) is 9.08. The van der Waals surface area contributed by atoms with Gasteiger partial charge in [-0.25, -0.2) is 0 Å². The van der Waals surface area contributed by atoms with Crippen molar-refractivity contribution in [3.63, 3.8) is 0 Å². The Morgan fingerprint density at radius 3 is 2.58 bits per heavy atom. The lowest BCUT2D eigenvalue weighted by Crippen LogP contribution is -2.46.